The SMILES string of the molecule is O=C(CCCCC(=O)N1CCOCCOCCN(C(=O)CCCCC(=O)OCc2ccccc2)CCOCCOCC1)OCc1ccccc1. The summed E-state index contributed by atoms with van der Waals surface area (Å²) >= 11 is 0. The summed E-state index contributed by atoms with van der Waals surface area (Å²) < 4.78 is 33.5. The number of benzene rings is 2. The average Bonchev–Trinajstić information content (AvgIpc) is 3.14. The molecule has 2 aromatic carbocycles. The van der Waals surface area contributed by atoms with Gasteiger partial charge >= 0.3 is 11.9 Å². The molecule has 0 N–H and O–H groups in total. The van der Waals surface area contributed by atoms with Crippen LogP contribution in [0.5, 0.6) is 0 Å². The van der Waals surface area contributed by atoms with Gasteiger partial charge in [0.25, 0.3) is 0 Å². The molecule has 0 aliphatic carbocycles. The second-order valence-electron chi connectivity index (χ2n) is 11.9. The van der Waals surface area contributed by atoms with Crippen LogP contribution in [0, 0.1) is 0 Å². The Morgan fingerprint density at radius 1 is 0.460 bits per heavy atom. The molecule has 2 aromatic rings. The molecule has 0 radical (unpaired) electrons. The monoisotopic (exact) mass is 698 g/mol. The fourth-order valence-electron chi connectivity index (χ4n) is 5.09. The van der Waals surface area contributed by atoms with E-state index < -0.39 is 0 Å². The molecule has 50 heavy (non-hydrogen) atoms. The minimum atomic E-state index is -0.269. The van der Waals surface area contributed by atoms with Gasteiger partial charge in [0, 0.05) is 51.9 Å². The summed E-state index contributed by atoms with van der Waals surface area (Å²) in [5, 5.41) is 0. The Morgan fingerprint density at radius 2 is 0.780 bits per heavy atom. The summed E-state index contributed by atoms with van der Waals surface area (Å²) in [4.78, 5) is 53.5. The zero-order chi connectivity index (χ0) is 35.5. The first-order valence-corrected chi connectivity index (χ1v) is 17.8. The summed E-state index contributed by atoms with van der Waals surface area (Å²) in [5.41, 5.74) is 1.88. The molecule has 0 bridgehead atoms. The van der Waals surface area contributed by atoms with Gasteiger partial charge in [-0.15, -0.1) is 0 Å². The Balaban J connectivity index is 1.29. The number of carbonyl (C=O) groups excluding carboxylic acids is 4. The van der Waals surface area contributed by atoms with Gasteiger partial charge in [-0.1, -0.05) is 60.7 Å². The van der Waals surface area contributed by atoms with Crippen molar-refractivity contribution in [1.82, 2.24) is 9.80 Å². The molecule has 1 fully saturated rings. The van der Waals surface area contributed by atoms with E-state index in [9.17, 15) is 19.2 Å². The first kappa shape index (κ1) is 40.6. The zero-order valence-corrected chi connectivity index (χ0v) is 29.3. The van der Waals surface area contributed by atoms with Crippen molar-refractivity contribution in [2.24, 2.45) is 0 Å². The van der Waals surface area contributed by atoms with E-state index in [1.165, 1.54) is 0 Å². The number of ether oxygens (including phenoxy) is 6. The fraction of sp³-hybridized carbons (Fsp3) is 0.579. The lowest BCUT2D eigenvalue weighted by Crippen LogP contribution is -2.38. The average molecular weight is 699 g/mol. The third-order valence-corrected chi connectivity index (χ3v) is 8.00. The first-order valence-electron chi connectivity index (χ1n) is 17.8. The molecule has 0 unspecified atom stereocenters. The Morgan fingerprint density at radius 3 is 1.12 bits per heavy atom. The Hall–Kier alpha value is -3.84. The van der Waals surface area contributed by atoms with Crippen molar-refractivity contribution >= 4 is 23.8 Å². The van der Waals surface area contributed by atoms with Gasteiger partial charge < -0.3 is 38.2 Å². The highest BCUT2D eigenvalue weighted by molar-refractivity contribution is 5.76. The van der Waals surface area contributed by atoms with Crippen LogP contribution in [0.2, 0.25) is 0 Å². The van der Waals surface area contributed by atoms with Gasteiger partial charge in [0.2, 0.25) is 11.8 Å². The molecule has 1 aliphatic rings. The Labute approximate surface area is 296 Å². The summed E-state index contributed by atoms with van der Waals surface area (Å²) in [6.07, 6.45) is 3.51. The molecule has 12 nitrogen and oxygen atoms in total. The second kappa shape index (κ2) is 26.0. The van der Waals surface area contributed by atoms with Crippen LogP contribution in [0.25, 0.3) is 0 Å². The van der Waals surface area contributed by atoms with Crippen LogP contribution in [-0.2, 0) is 60.8 Å². The van der Waals surface area contributed by atoms with Crippen LogP contribution < -0.4 is 0 Å². The highest BCUT2D eigenvalue weighted by Gasteiger charge is 2.16. The van der Waals surface area contributed by atoms with Crippen LogP contribution in [-0.4, -0.2) is 113 Å². The lowest BCUT2D eigenvalue weighted by molar-refractivity contribution is -0.146. The van der Waals surface area contributed by atoms with Crippen molar-refractivity contribution in [2.75, 3.05) is 79.0 Å². The van der Waals surface area contributed by atoms with Gasteiger partial charge in [0.05, 0.1) is 52.9 Å². The van der Waals surface area contributed by atoms with E-state index in [-0.39, 0.29) is 49.8 Å². The molecule has 3 rings (SSSR count). The number of amides is 2. The molecule has 0 aromatic heterocycles. The van der Waals surface area contributed by atoms with Crippen LogP contribution in [0.15, 0.2) is 60.7 Å². The number of nitrogens with zero attached hydrogens (tertiary/aromatic N) is 2. The van der Waals surface area contributed by atoms with E-state index in [0.29, 0.717) is 118 Å². The number of hydrogen-bond acceptors (Lipinski definition) is 10. The van der Waals surface area contributed by atoms with Crippen molar-refractivity contribution in [1.29, 1.82) is 0 Å². The smallest absolute Gasteiger partial charge is 0.306 e. The minimum Gasteiger partial charge on any atom is -0.461 e. The van der Waals surface area contributed by atoms with E-state index in [1.54, 1.807) is 9.80 Å². The van der Waals surface area contributed by atoms with E-state index in [1.807, 2.05) is 60.7 Å². The molecule has 276 valence electrons. The molecule has 1 aliphatic heterocycles. The predicted molar refractivity (Wildman–Crippen MR) is 186 cm³/mol. The summed E-state index contributed by atoms with van der Waals surface area (Å²) in [5.74, 6) is -0.558. The highest BCUT2D eigenvalue weighted by Crippen LogP contribution is 2.09. The number of unbranched alkanes of at least 4 members (excludes halogenated alkanes) is 2. The lowest BCUT2D eigenvalue weighted by Gasteiger charge is -2.24. The maximum atomic E-state index is 12.9. The van der Waals surface area contributed by atoms with E-state index >= 15 is 0 Å². The van der Waals surface area contributed by atoms with E-state index in [4.69, 9.17) is 28.4 Å². The number of carbonyl (C=O) groups is 4. The number of hydrogen-bond donors (Lipinski definition) is 0. The lowest BCUT2D eigenvalue weighted by atomic mass is 10.2. The topological polar surface area (TPSA) is 130 Å². The largest absolute Gasteiger partial charge is 0.461 e. The third kappa shape index (κ3) is 18.8. The highest BCUT2D eigenvalue weighted by atomic mass is 16.5. The quantitative estimate of drug-likeness (QED) is 0.208. The number of rotatable bonds is 14. The predicted octanol–water partition coefficient (Wildman–Crippen LogP) is 4.33. The third-order valence-electron chi connectivity index (χ3n) is 8.00. The van der Waals surface area contributed by atoms with E-state index in [2.05, 4.69) is 0 Å². The van der Waals surface area contributed by atoms with Gasteiger partial charge in [-0.25, -0.2) is 0 Å². The molecule has 0 atom stereocenters. The summed E-state index contributed by atoms with van der Waals surface area (Å²) in [6.45, 7) is 5.05. The van der Waals surface area contributed by atoms with E-state index in [0.717, 1.165) is 11.1 Å². The van der Waals surface area contributed by atoms with Gasteiger partial charge in [0.15, 0.2) is 0 Å². The standard InChI is InChI=1S/C38H54N2O10/c41-35(15-7-9-17-37(43)49-31-33-11-3-1-4-12-33)39-19-23-45-27-29-47-25-21-40(22-26-48-30-28-46-24-20-39)36(42)16-8-10-18-38(44)50-32-34-13-5-2-6-14-34/h1-6,11-14H,7-10,15-32H2. The van der Waals surface area contributed by atoms with Crippen molar-refractivity contribution in [3.63, 3.8) is 0 Å². The Kier molecular flexibility index (Phi) is 21.1. The molecule has 2 amide bonds. The molecule has 1 saturated heterocycles. The van der Waals surface area contributed by atoms with Gasteiger partial charge in [0.1, 0.15) is 13.2 Å². The van der Waals surface area contributed by atoms with Crippen molar-refractivity contribution < 1.29 is 47.6 Å². The molecule has 12 heteroatoms. The minimum absolute atomic E-state index is 0.00972. The van der Waals surface area contributed by atoms with Gasteiger partial charge in [-0.3, -0.25) is 19.2 Å². The second-order valence-corrected chi connectivity index (χ2v) is 11.9. The van der Waals surface area contributed by atoms with Crippen molar-refractivity contribution in [3.05, 3.63) is 71.8 Å². The first-order chi connectivity index (χ1) is 24.5. The molecular weight excluding hydrogens is 644 g/mol. The van der Waals surface area contributed by atoms with Crippen LogP contribution in [0.3, 0.4) is 0 Å². The van der Waals surface area contributed by atoms with Crippen LogP contribution in [0.1, 0.15) is 62.5 Å². The zero-order valence-electron chi connectivity index (χ0n) is 29.3. The maximum absolute atomic E-state index is 12.9. The van der Waals surface area contributed by atoms with Crippen LogP contribution in [0.4, 0.5) is 0 Å². The van der Waals surface area contributed by atoms with Crippen molar-refractivity contribution in [3.8, 4) is 0 Å². The Bertz CT molecular complexity index is 1120. The molecular formula is C38H54N2O10. The summed E-state index contributed by atoms with van der Waals surface area (Å²) in [6, 6.07) is 19.1. The normalized spacial score (nSPS) is 15.8. The van der Waals surface area contributed by atoms with Crippen molar-refractivity contribution in [2.45, 2.75) is 64.6 Å². The molecule has 0 saturated carbocycles. The number of esters is 2. The van der Waals surface area contributed by atoms with Crippen LogP contribution >= 0.6 is 0 Å². The fourth-order valence-corrected chi connectivity index (χ4v) is 5.09. The summed E-state index contributed by atoms with van der Waals surface area (Å²) in [7, 11) is 0. The van der Waals surface area contributed by atoms with Gasteiger partial charge in [-0.05, 0) is 36.8 Å². The van der Waals surface area contributed by atoms with Gasteiger partial charge in [-0.2, -0.15) is 0 Å². The molecule has 1 heterocycles. The molecule has 0 spiro atoms. The maximum Gasteiger partial charge on any atom is 0.306 e.